The predicted molar refractivity (Wildman–Crippen MR) is 139 cm³/mol. The molecule has 1 aliphatic heterocycles. The van der Waals surface area contributed by atoms with Crippen molar-refractivity contribution in [3.63, 3.8) is 0 Å². The summed E-state index contributed by atoms with van der Waals surface area (Å²) in [6.07, 6.45) is 9.95. The smallest absolute Gasteiger partial charge is 0.251 e. The lowest BCUT2D eigenvalue weighted by Crippen LogP contribution is -2.38. The number of H-pyrrole nitrogens is 1. The van der Waals surface area contributed by atoms with Crippen LogP contribution in [0.5, 0.6) is 0 Å². The molecule has 1 aromatic carbocycles. The molecule has 1 amide bonds. The molecule has 2 atom stereocenters. The van der Waals surface area contributed by atoms with Crippen molar-refractivity contribution in [3.05, 3.63) is 66.5 Å². The molecule has 0 bridgehead atoms. The summed E-state index contributed by atoms with van der Waals surface area (Å²) in [4.78, 5) is 25.0. The number of carbonyl (C=O) groups is 1. The van der Waals surface area contributed by atoms with Gasteiger partial charge in [0.15, 0.2) is 0 Å². The Morgan fingerprint density at radius 2 is 2.03 bits per heavy atom. The molecule has 37 heavy (non-hydrogen) atoms. The van der Waals surface area contributed by atoms with E-state index in [9.17, 15) is 4.79 Å². The molecule has 1 aliphatic carbocycles. The van der Waals surface area contributed by atoms with E-state index in [4.69, 9.17) is 0 Å². The van der Waals surface area contributed by atoms with Gasteiger partial charge in [-0.25, -0.2) is 9.37 Å². The molecule has 4 aromatic heterocycles. The van der Waals surface area contributed by atoms with Gasteiger partial charge in [0.25, 0.3) is 5.91 Å². The van der Waals surface area contributed by atoms with Gasteiger partial charge < -0.3 is 15.6 Å². The lowest BCUT2D eigenvalue weighted by atomic mass is 9.95. The van der Waals surface area contributed by atoms with Crippen LogP contribution in [0.3, 0.4) is 0 Å². The minimum atomic E-state index is -0.421. The SMILES string of the molecule is Cn1cc(-c2cc3c(cn2)[nH]c2ncc(F)c(-c4ccc(C(=O)N[C@H]5C[C@@]56CCCNC6)cc4)c23)cn1. The van der Waals surface area contributed by atoms with E-state index in [1.54, 1.807) is 41.3 Å². The highest BCUT2D eigenvalue weighted by atomic mass is 19.1. The Kier molecular flexibility index (Phi) is 4.91. The first-order chi connectivity index (χ1) is 18.0. The van der Waals surface area contributed by atoms with Crippen LogP contribution in [0.1, 0.15) is 29.6 Å². The summed E-state index contributed by atoms with van der Waals surface area (Å²) in [5.74, 6) is -0.506. The molecule has 8 nitrogen and oxygen atoms in total. The Morgan fingerprint density at radius 3 is 2.78 bits per heavy atom. The molecule has 0 unspecified atom stereocenters. The van der Waals surface area contributed by atoms with Gasteiger partial charge in [0.2, 0.25) is 0 Å². The van der Waals surface area contributed by atoms with Crippen molar-refractivity contribution in [2.75, 3.05) is 13.1 Å². The first-order valence-corrected chi connectivity index (χ1v) is 12.6. The van der Waals surface area contributed by atoms with E-state index in [1.807, 2.05) is 19.3 Å². The second-order valence-electron chi connectivity index (χ2n) is 10.3. The zero-order chi connectivity index (χ0) is 25.1. The van der Waals surface area contributed by atoms with Crippen LogP contribution in [-0.4, -0.2) is 49.8 Å². The minimum Gasteiger partial charge on any atom is -0.349 e. The van der Waals surface area contributed by atoms with Crippen LogP contribution in [-0.2, 0) is 7.05 Å². The van der Waals surface area contributed by atoms with Crippen molar-refractivity contribution in [1.82, 2.24) is 35.4 Å². The van der Waals surface area contributed by atoms with Crippen LogP contribution in [0.25, 0.3) is 44.3 Å². The number of hydrogen-bond donors (Lipinski definition) is 3. The largest absolute Gasteiger partial charge is 0.349 e. The predicted octanol–water partition coefficient (Wildman–Crippen LogP) is 4.19. The average molecular weight is 496 g/mol. The van der Waals surface area contributed by atoms with Gasteiger partial charge in [0.1, 0.15) is 11.5 Å². The summed E-state index contributed by atoms with van der Waals surface area (Å²) in [5.41, 5.74) is 4.89. The Morgan fingerprint density at radius 1 is 1.16 bits per heavy atom. The number of pyridine rings is 2. The molecule has 0 radical (unpaired) electrons. The van der Waals surface area contributed by atoms with E-state index in [-0.39, 0.29) is 17.4 Å². The van der Waals surface area contributed by atoms with Gasteiger partial charge in [-0.15, -0.1) is 0 Å². The molecule has 2 fully saturated rings. The van der Waals surface area contributed by atoms with Gasteiger partial charge in [-0.2, -0.15) is 5.10 Å². The molecule has 1 spiro atoms. The summed E-state index contributed by atoms with van der Waals surface area (Å²) in [6.45, 7) is 2.03. The molecule has 2 aliphatic rings. The molecule has 186 valence electrons. The third-order valence-electron chi connectivity index (χ3n) is 7.90. The minimum absolute atomic E-state index is 0.0846. The number of benzene rings is 1. The number of carbonyl (C=O) groups excluding carboxylic acids is 1. The third-order valence-corrected chi connectivity index (χ3v) is 7.90. The van der Waals surface area contributed by atoms with E-state index < -0.39 is 5.82 Å². The summed E-state index contributed by atoms with van der Waals surface area (Å²) in [6, 6.07) is 9.30. The van der Waals surface area contributed by atoms with Gasteiger partial charge in [0, 0.05) is 58.7 Å². The number of nitrogens with one attached hydrogen (secondary N) is 3. The maximum atomic E-state index is 15.3. The van der Waals surface area contributed by atoms with Crippen molar-refractivity contribution in [2.24, 2.45) is 12.5 Å². The highest BCUT2D eigenvalue weighted by molar-refractivity contribution is 6.13. The molecule has 5 aromatic rings. The number of nitrogens with zero attached hydrogens (tertiary/aromatic N) is 4. The Labute approximate surface area is 212 Å². The molecule has 3 N–H and O–H groups in total. The van der Waals surface area contributed by atoms with Crippen LogP contribution in [0.15, 0.2) is 55.1 Å². The van der Waals surface area contributed by atoms with Crippen molar-refractivity contribution in [1.29, 1.82) is 0 Å². The summed E-state index contributed by atoms with van der Waals surface area (Å²) in [5, 5.41) is 12.4. The molecule has 5 heterocycles. The topological polar surface area (TPSA) is 101 Å². The van der Waals surface area contributed by atoms with Crippen LogP contribution in [0, 0.1) is 11.2 Å². The first-order valence-electron chi connectivity index (χ1n) is 12.6. The van der Waals surface area contributed by atoms with Crippen molar-refractivity contribution in [3.8, 4) is 22.4 Å². The third kappa shape index (κ3) is 3.69. The number of rotatable bonds is 4. The van der Waals surface area contributed by atoms with E-state index in [0.29, 0.717) is 27.7 Å². The monoisotopic (exact) mass is 495 g/mol. The zero-order valence-electron chi connectivity index (χ0n) is 20.4. The highest BCUT2D eigenvalue weighted by Gasteiger charge is 2.54. The van der Waals surface area contributed by atoms with Gasteiger partial charge in [0.05, 0.1) is 29.8 Å². The fraction of sp³-hybridized carbons (Fsp3) is 0.286. The van der Waals surface area contributed by atoms with Crippen LogP contribution < -0.4 is 10.6 Å². The highest BCUT2D eigenvalue weighted by Crippen LogP contribution is 2.50. The van der Waals surface area contributed by atoms with Gasteiger partial charge in [-0.1, -0.05) is 12.1 Å². The number of aryl methyl sites for hydroxylation is 1. The number of hydrogen-bond acceptors (Lipinski definition) is 5. The second kappa shape index (κ2) is 8.21. The first kappa shape index (κ1) is 22.1. The number of fused-ring (bicyclic) bond motifs is 3. The number of aromatic amines is 1. The van der Waals surface area contributed by atoms with Crippen molar-refractivity contribution >= 4 is 27.8 Å². The normalized spacial score (nSPS) is 21.1. The molecule has 1 saturated carbocycles. The van der Waals surface area contributed by atoms with Gasteiger partial charge >= 0.3 is 0 Å². The Balaban J connectivity index is 1.23. The number of halogens is 1. The lowest BCUT2D eigenvalue weighted by Gasteiger charge is -2.23. The van der Waals surface area contributed by atoms with Gasteiger partial charge in [-0.05, 0) is 49.6 Å². The standard InChI is InChI=1S/C28H26FN7O/c1-36-14-18(11-33-36)21-9-19-22(13-31-21)34-26-25(19)24(20(29)12-32-26)16-3-5-17(6-4-16)27(37)35-23-10-28(23)7-2-8-30-15-28/h3-6,9,11-14,23,30H,2,7-8,10,15H2,1H3,(H,32,34)(H,35,37)/t23-,28+/m0/s1. The zero-order valence-corrected chi connectivity index (χ0v) is 20.4. The van der Waals surface area contributed by atoms with Crippen LogP contribution >= 0.6 is 0 Å². The fourth-order valence-electron chi connectivity index (χ4n) is 5.77. The summed E-state index contributed by atoms with van der Waals surface area (Å²) >= 11 is 0. The maximum Gasteiger partial charge on any atom is 0.251 e. The Bertz CT molecular complexity index is 1660. The molecule has 7 rings (SSSR count). The number of aromatic nitrogens is 5. The van der Waals surface area contributed by atoms with E-state index in [2.05, 4.69) is 30.7 Å². The van der Waals surface area contributed by atoms with Crippen molar-refractivity contribution in [2.45, 2.75) is 25.3 Å². The van der Waals surface area contributed by atoms with E-state index >= 15 is 4.39 Å². The molecule has 1 saturated heterocycles. The van der Waals surface area contributed by atoms with Gasteiger partial charge in [-0.3, -0.25) is 14.5 Å². The van der Waals surface area contributed by atoms with Crippen LogP contribution in [0.2, 0.25) is 0 Å². The molecule has 9 heteroatoms. The summed E-state index contributed by atoms with van der Waals surface area (Å²) < 4.78 is 17.0. The average Bonchev–Trinajstić information content (AvgIpc) is 3.22. The van der Waals surface area contributed by atoms with E-state index in [1.165, 1.54) is 6.20 Å². The fourth-order valence-corrected chi connectivity index (χ4v) is 5.77. The maximum absolute atomic E-state index is 15.3. The molecular formula is C28H26FN7O. The van der Waals surface area contributed by atoms with Crippen molar-refractivity contribution < 1.29 is 9.18 Å². The molecular weight excluding hydrogens is 469 g/mol. The quantitative estimate of drug-likeness (QED) is 0.347. The lowest BCUT2D eigenvalue weighted by molar-refractivity contribution is 0.0943. The Hall–Kier alpha value is -4.11. The number of amides is 1. The summed E-state index contributed by atoms with van der Waals surface area (Å²) in [7, 11) is 1.85. The van der Waals surface area contributed by atoms with E-state index in [0.717, 1.165) is 54.5 Å². The number of piperidine rings is 1. The second-order valence-corrected chi connectivity index (χ2v) is 10.3. The van der Waals surface area contributed by atoms with Crippen LogP contribution in [0.4, 0.5) is 4.39 Å².